The van der Waals surface area contributed by atoms with Crippen molar-refractivity contribution >= 4 is 29.1 Å². The van der Waals surface area contributed by atoms with Crippen LogP contribution in [0.25, 0.3) is 10.6 Å². The largest absolute Gasteiger partial charge is 0.493 e. The van der Waals surface area contributed by atoms with Crippen molar-refractivity contribution in [2.75, 3.05) is 14.2 Å². The number of methoxy groups -OCH3 is 2. The van der Waals surface area contributed by atoms with Gasteiger partial charge >= 0.3 is 5.69 Å². The zero-order valence-electron chi connectivity index (χ0n) is 16.4. The van der Waals surface area contributed by atoms with E-state index in [1.807, 2.05) is 30.3 Å². The number of rotatable bonds is 7. The second-order valence-electron chi connectivity index (χ2n) is 6.02. The first-order valence-electron chi connectivity index (χ1n) is 8.71. The van der Waals surface area contributed by atoms with Gasteiger partial charge < -0.3 is 9.47 Å². The Bertz CT molecular complexity index is 1110. The van der Waals surface area contributed by atoms with Crippen LogP contribution in [-0.4, -0.2) is 36.2 Å². The molecule has 0 saturated carbocycles. The topological polar surface area (TPSA) is 116 Å². The highest BCUT2D eigenvalue weighted by molar-refractivity contribution is 7.15. The minimum atomic E-state index is -0.582. The second kappa shape index (κ2) is 9.14. The van der Waals surface area contributed by atoms with Gasteiger partial charge in [-0.25, -0.2) is 10.4 Å². The van der Waals surface area contributed by atoms with Gasteiger partial charge in [0.2, 0.25) is 5.75 Å². The predicted octanol–water partition coefficient (Wildman–Crippen LogP) is 3.81. The fourth-order valence-electron chi connectivity index (χ4n) is 2.70. The Morgan fingerprint density at radius 3 is 2.60 bits per heavy atom. The van der Waals surface area contributed by atoms with Crippen molar-refractivity contribution in [3.63, 3.8) is 0 Å². The molecule has 30 heavy (non-hydrogen) atoms. The monoisotopic (exact) mass is 426 g/mol. The number of nitrogens with zero attached hydrogens (tertiary/aromatic N) is 3. The number of hydrogen-bond acceptors (Lipinski definition) is 8. The van der Waals surface area contributed by atoms with Gasteiger partial charge in [0.25, 0.3) is 5.91 Å². The van der Waals surface area contributed by atoms with E-state index in [1.165, 1.54) is 43.9 Å². The first kappa shape index (κ1) is 20.9. The number of aryl methyl sites for hydroxylation is 1. The molecule has 0 aliphatic carbocycles. The molecule has 0 atom stereocenters. The molecule has 154 valence electrons. The van der Waals surface area contributed by atoms with E-state index in [1.54, 1.807) is 6.92 Å². The standard InChI is InChI=1S/C20H18N4O5S/c1-12-17(22-20(30-12)14-7-5-4-6-8-14)19(25)23-21-11-13-9-15(24(26)27)18(29-3)16(10-13)28-2/h4-11H,1-3H3,(H,23,25)/b21-11-. The molecule has 0 fully saturated rings. The summed E-state index contributed by atoms with van der Waals surface area (Å²) in [7, 11) is 2.69. The lowest BCUT2D eigenvalue weighted by atomic mass is 10.2. The first-order chi connectivity index (χ1) is 14.4. The van der Waals surface area contributed by atoms with Gasteiger partial charge in [0.05, 0.1) is 25.4 Å². The number of benzene rings is 2. The third-order valence-electron chi connectivity index (χ3n) is 4.09. The van der Waals surface area contributed by atoms with Crippen LogP contribution in [0, 0.1) is 17.0 Å². The summed E-state index contributed by atoms with van der Waals surface area (Å²) in [5, 5.41) is 15.9. The minimum Gasteiger partial charge on any atom is -0.493 e. The van der Waals surface area contributed by atoms with Crippen LogP contribution in [0.1, 0.15) is 20.9 Å². The highest BCUT2D eigenvalue weighted by Gasteiger charge is 2.21. The summed E-state index contributed by atoms with van der Waals surface area (Å²) in [4.78, 5) is 28.3. The van der Waals surface area contributed by atoms with Crippen molar-refractivity contribution in [1.29, 1.82) is 0 Å². The molecular formula is C20H18N4O5S. The van der Waals surface area contributed by atoms with Gasteiger partial charge in [0.1, 0.15) is 10.7 Å². The maximum atomic E-state index is 12.5. The zero-order chi connectivity index (χ0) is 21.7. The van der Waals surface area contributed by atoms with Gasteiger partial charge in [-0.15, -0.1) is 11.3 Å². The van der Waals surface area contributed by atoms with Crippen LogP contribution in [-0.2, 0) is 0 Å². The average molecular weight is 426 g/mol. The van der Waals surface area contributed by atoms with Crippen LogP contribution in [0.15, 0.2) is 47.6 Å². The van der Waals surface area contributed by atoms with E-state index >= 15 is 0 Å². The fourth-order valence-corrected chi connectivity index (χ4v) is 3.62. The maximum absolute atomic E-state index is 12.5. The number of thiazole rings is 1. The SMILES string of the molecule is COc1cc(/C=N\NC(=O)c2nc(-c3ccccc3)sc2C)cc([N+](=O)[O-])c1OC. The molecule has 1 amide bonds. The molecule has 9 nitrogen and oxygen atoms in total. The molecule has 10 heteroatoms. The van der Waals surface area contributed by atoms with Crippen LogP contribution in [0.4, 0.5) is 5.69 Å². The van der Waals surface area contributed by atoms with Crippen LogP contribution < -0.4 is 14.9 Å². The molecule has 3 rings (SSSR count). The summed E-state index contributed by atoms with van der Waals surface area (Å²) in [5.74, 6) is -0.283. The van der Waals surface area contributed by atoms with Gasteiger partial charge in [0, 0.05) is 22.1 Å². The lowest BCUT2D eigenvalue weighted by Crippen LogP contribution is -2.19. The summed E-state index contributed by atoms with van der Waals surface area (Å²) in [6.07, 6.45) is 1.28. The van der Waals surface area contributed by atoms with Crippen LogP contribution >= 0.6 is 11.3 Å². The third kappa shape index (κ3) is 4.44. The van der Waals surface area contributed by atoms with Gasteiger partial charge in [-0.1, -0.05) is 30.3 Å². The molecular weight excluding hydrogens is 408 g/mol. The Morgan fingerprint density at radius 1 is 1.23 bits per heavy atom. The average Bonchev–Trinajstić information content (AvgIpc) is 3.15. The number of aromatic nitrogens is 1. The predicted molar refractivity (Wildman–Crippen MR) is 114 cm³/mol. The summed E-state index contributed by atoms with van der Waals surface area (Å²) >= 11 is 1.41. The molecule has 0 saturated heterocycles. The Labute approximate surface area is 176 Å². The summed E-state index contributed by atoms with van der Waals surface area (Å²) in [6, 6.07) is 12.3. The van der Waals surface area contributed by atoms with E-state index in [-0.39, 0.29) is 22.9 Å². The molecule has 0 bridgehead atoms. The lowest BCUT2D eigenvalue weighted by Gasteiger charge is -2.08. The van der Waals surface area contributed by atoms with Crippen molar-refractivity contribution in [1.82, 2.24) is 10.4 Å². The Kier molecular flexibility index (Phi) is 6.38. The number of nitro benzene ring substituents is 1. The number of ether oxygens (including phenoxy) is 2. The van der Waals surface area contributed by atoms with Crippen molar-refractivity contribution in [3.05, 3.63) is 68.7 Å². The van der Waals surface area contributed by atoms with E-state index in [0.29, 0.717) is 5.56 Å². The molecule has 0 unspecified atom stereocenters. The van der Waals surface area contributed by atoms with Gasteiger partial charge in [-0.2, -0.15) is 5.10 Å². The lowest BCUT2D eigenvalue weighted by molar-refractivity contribution is -0.385. The number of nitro groups is 1. The number of hydrazone groups is 1. The first-order valence-corrected chi connectivity index (χ1v) is 9.53. The van der Waals surface area contributed by atoms with Crippen LogP contribution in [0.5, 0.6) is 11.5 Å². The molecule has 3 aromatic rings. The fraction of sp³-hybridized carbons (Fsp3) is 0.150. The molecule has 0 radical (unpaired) electrons. The molecule has 0 spiro atoms. The Hall–Kier alpha value is -3.79. The van der Waals surface area contributed by atoms with Crippen molar-refractivity contribution in [2.24, 2.45) is 5.10 Å². The van der Waals surface area contributed by atoms with Crippen LogP contribution in [0.3, 0.4) is 0 Å². The van der Waals surface area contributed by atoms with Gasteiger partial charge in [-0.05, 0) is 13.0 Å². The maximum Gasteiger partial charge on any atom is 0.315 e. The molecule has 1 aromatic heterocycles. The molecule has 0 aliphatic heterocycles. The summed E-state index contributed by atoms with van der Waals surface area (Å²) < 4.78 is 10.2. The normalized spacial score (nSPS) is 10.8. The molecule has 1 heterocycles. The summed E-state index contributed by atoms with van der Waals surface area (Å²) in [5.41, 5.74) is 3.69. The molecule has 1 N–H and O–H groups in total. The van der Waals surface area contributed by atoms with E-state index in [0.717, 1.165) is 15.4 Å². The van der Waals surface area contributed by atoms with Gasteiger partial charge in [-0.3, -0.25) is 14.9 Å². The van der Waals surface area contributed by atoms with Gasteiger partial charge in [0.15, 0.2) is 5.75 Å². The zero-order valence-corrected chi connectivity index (χ0v) is 17.2. The number of nitrogens with one attached hydrogen (secondary N) is 1. The van der Waals surface area contributed by atoms with E-state index in [2.05, 4.69) is 15.5 Å². The highest BCUT2D eigenvalue weighted by Crippen LogP contribution is 2.37. The van der Waals surface area contributed by atoms with E-state index in [9.17, 15) is 14.9 Å². The molecule has 2 aromatic carbocycles. The quantitative estimate of drug-likeness (QED) is 0.349. The van der Waals surface area contributed by atoms with Crippen molar-refractivity contribution < 1.29 is 19.2 Å². The Balaban J connectivity index is 1.79. The van der Waals surface area contributed by atoms with Crippen molar-refractivity contribution in [2.45, 2.75) is 6.92 Å². The number of amides is 1. The Morgan fingerprint density at radius 2 is 1.97 bits per heavy atom. The van der Waals surface area contributed by atoms with E-state index < -0.39 is 10.8 Å². The van der Waals surface area contributed by atoms with Crippen LogP contribution in [0.2, 0.25) is 0 Å². The highest BCUT2D eigenvalue weighted by atomic mass is 32.1. The minimum absolute atomic E-state index is 0.00947. The third-order valence-corrected chi connectivity index (χ3v) is 5.11. The second-order valence-corrected chi connectivity index (χ2v) is 7.22. The smallest absolute Gasteiger partial charge is 0.315 e. The number of carbonyl (C=O) groups is 1. The van der Waals surface area contributed by atoms with E-state index in [4.69, 9.17) is 9.47 Å². The molecule has 0 aliphatic rings. The number of hydrogen-bond donors (Lipinski definition) is 1. The van der Waals surface area contributed by atoms with Crippen molar-refractivity contribution in [3.8, 4) is 22.1 Å². The summed E-state index contributed by atoms with van der Waals surface area (Å²) in [6.45, 7) is 1.81. The number of carbonyl (C=O) groups excluding carboxylic acids is 1.